The van der Waals surface area contributed by atoms with Crippen molar-refractivity contribution in [3.8, 4) is 0 Å². The van der Waals surface area contributed by atoms with Gasteiger partial charge in [-0.1, -0.05) is 0 Å². The predicted molar refractivity (Wildman–Crippen MR) is 89.4 cm³/mol. The molecule has 23 heavy (non-hydrogen) atoms. The number of hydrogen-bond acceptors (Lipinski definition) is 5. The quantitative estimate of drug-likeness (QED) is 0.724. The highest BCUT2D eigenvalue weighted by Gasteiger charge is 2.21. The standard InChI is InChI=1S/C14H23N7O.ClH/c1-8(2)21-7-17-20-11(21)5-6-16-14(22)13(15)12-9(3)18-19-10(12)4;/h7-8,13H,5-6,15H2,1-4H3,(H,16,22)(H,18,19);1H. The molecule has 0 fully saturated rings. The van der Waals surface area contributed by atoms with Crippen molar-refractivity contribution in [3.63, 3.8) is 0 Å². The lowest BCUT2D eigenvalue weighted by Crippen LogP contribution is -2.36. The van der Waals surface area contributed by atoms with E-state index in [1.165, 1.54) is 0 Å². The Labute approximate surface area is 141 Å². The second-order valence-corrected chi connectivity index (χ2v) is 5.61. The van der Waals surface area contributed by atoms with Gasteiger partial charge in [-0.05, 0) is 27.7 Å². The second kappa shape index (κ2) is 8.07. The smallest absolute Gasteiger partial charge is 0.241 e. The topological polar surface area (TPSA) is 115 Å². The Hall–Kier alpha value is -1.93. The molecule has 128 valence electrons. The van der Waals surface area contributed by atoms with Crippen molar-refractivity contribution in [1.29, 1.82) is 0 Å². The van der Waals surface area contributed by atoms with E-state index < -0.39 is 6.04 Å². The first-order valence-corrected chi connectivity index (χ1v) is 7.35. The minimum absolute atomic E-state index is 0. The Morgan fingerprint density at radius 3 is 2.70 bits per heavy atom. The van der Waals surface area contributed by atoms with Crippen molar-refractivity contribution in [1.82, 2.24) is 30.3 Å². The molecule has 2 rings (SSSR count). The molecule has 1 unspecified atom stereocenters. The highest BCUT2D eigenvalue weighted by atomic mass is 35.5. The molecular weight excluding hydrogens is 318 g/mol. The molecular formula is C14H24ClN7O. The molecule has 0 aliphatic heterocycles. The second-order valence-electron chi connectivity index (χ2n) is 5.61. The molecule has 2 aromatic heterocycles. The molecule has 0 aromatic carbocycles. The van der Waals surface area contributed by atoms with Gasteiger partial charge < -0.3 is 15.6 Å². The maximum Gasteiger partial charge on any atom is 0.241 e. The van der Waals surface area contributed by atoms with Crippen molar-refractivity contribution in [2.24, 2.45) is 5.73 Å². The fourth-order valence-corrected chi connectivity index (χ4v) is 2.43. The van der Waals surface area contributed by atoms with E-state index in [2.05, 4.69) is 39.6 Å². The Balaban J connectivity index is 0.00000264. The van der Waals surface area contributed by atoms with E-state index >= 15 is 0 Å². The van der Waals surface area contributed by atoms with Gasteiger partial charge in [-0.3, -0.25) is 9.89 Å². The first-order chi connectivity index (χ1) is 10.4. The summed E-state index contributed by atoms with van der Waals surface area (Å²) >= 11 is 0. The maximum atomic E-state index is 12.2. The minimum Gasteiger partial charge on any atom is -0.354 e. The number of rotatable bonds is 6. The molecule has 0 saturated heterocycles. The summed E-state index contributed by atoms with van der Waals surface area (Å²) in [6, 6.07) is -0.430. The van der Waals surface area contributed by atoms with E-state index in [1.807, 2.05) is 18.4 Å². The van der Waals surface area contributed by atoms with Crippen LogP contribution >= 0.6 is 12.4 Å². The molecule has 2 aromatic rings. The summed E-state index contributed by atoms with van der Waals surface area (Å²) in [6.07, 6.45) is 2.31. The molecule has 0 saturated carbocycles. The SMILES string of the molecule is Cc1n[nH]c(C)c1C(N)C(=O)NCCc1nncn1C(C)C.Cl. The molecule has 0 radical (unpaired) electrons. The molecule has 0 aliphatic rings. The molecule has 1 atom stereocenters. The summed E-state index contributed by atoms with van der Waals surface area (Å²) in [6.45, 7) is 8.27. The van der Waals surface area contributed by atoms with Crippen LogP contribution in [0.15, 0.2) is 6.33 Å². The van der Waals surface area contributed by atoms with Crippen LogP contribution in [0.2, 0.25) is 0 Å². The van der Waals surface area contributed by atoms with E-state index in [9.17, 15) is 4.79 Å². The average molecular weight is 342 g/mol. The van der Waals surface area contributed by atoms with Crippen LogP contribution in [0.5, 0.6) is 0 Å². The number of carbonyl (C=O) groups excluding carboxylic acids is 1. The van der Waals surface area contributed by atoms with Crippen molar-refractivity contribution >= 4 is 18.3 Å². The van der Waals surface area contributed by atoms with E-state index in [-0.39, 0.29) is 18.3 Å². The molecule has 0 spiro atoms. The van der Waals surface area contributed by atoms with Crippen molar-refractivity contribution in [2.45, 2.75) is 46.2 Å². The monoisotopic (exact) mass is 341 g/mol. The molecule has 9 heteroatoms. The molecule has 0 bridgehead atoms. The minimum atomic E-state index is -0.721. The number of halogens is 1. The Kier molecular flexibility index (Phi) is 6.71. The van der Waals surface area contributed by atoms with Gasteiger partial charge in [-0.15, -0.1) is 22.6 Å². The molecule has 1 amide bonds. The van der Waals surface area contributed by atoms with E-state index in [0.29, 0.717) is 19.0 Å². The van der Waals surface area contributed by atoms with Gasteiger partial charge in [0.15, 0.2) is 0 Å². The predicted octanol–water partition coefficient (Wildman–Crippen LogP) is 0.979. The van der Waals surface area contributed by atoms with E-state index in [4.69, 9.17) is 5.73 Å². The van der Waals surface area contributed by atoms with Crippen LogP contribution in [0, 0.1) is 13.8 Å². The number of aromatic nitrogens is 5. The highest BCUT2D eigenvalue weighted by molar-refractivity contribution is 5.85. The first-order valence-electron chi connectivity index (χ1n) is 7.35. The zero-order chi connectivity index (χ0) is 16.3. The zero-order valence-electron chi connectivity index (χ0n) is 13.8. The zero-order valence-corrected chi connectivity index (χ0v) is 14.6. The molecule has 4 N–H and O–H groups in total. The summed E-state index contributed by atoms with van der Waals surface area (Å²) in [7, 11) is 0. The van der Waals surface area contributed by atoms with Gasteiger partial charge in [0.2, 0.25) is 5.91 Å². The summed E-state index contributed by atoms with van der Waals surface area (Å²) in [5.41, 5.74) is 8.34. The lowest BCUT2D eigenvalue weighted by molar-refractivity contribution is -0.122. The van der Waals surface area contributed by atoms with Crippen molar-refractivity contribution in [2.75, 3.05) is 6.54 Å². The fourth-order valence-electron chi connectivity index (χ4n) is 2.43. The number of aryl methyl sites for hydroxylation is 2. The number of H-pyrrole nitrogens is 1. The number of nitrogens with one attached hydrogen (secondary N) is 2. The summed E-state index contributed by atoms with van der Waals surface area (Å²) < 4.78 is 1.98. The number of nitrogens with zero attached hydrogens (tertiary/aromatic N) is 4. The third kappa shape index (κ3) is 4.29. The summed E-state index contributed by atoms with van der Waals surface area (Å²) in [5.74, 6) is 0.628. The number of nitrogens with two attached hydrogens (primary N) is 1. The molecule has 0 aliphatic carbocycles. The Morgan fingerprint density at radius 2 is 2.13 bits per heavy atom. The van der Waals surface area contributed by atoms with Gasteiger partial charge in [-0.25, -0.2) is 0 Å². The number of carbonyl (C=O) groups is 1. The van der Waals surface area contributed by atoms with Crippen molar-refractivity contribution in [3.05, 3.63) is 29.1 Å². The van der Waals surface area contributed by atoms with Crippen LogP contribution in [-0.4, -0.2) is 37.4 Å². The third-order valence-electron chi connectivity index (χ3n) is 3.63. The summed E-state index contributed by atoms with van der Waals surface area (Å²) in [5, 5.41) is 17.7. The van der Waals surface area contributed by atoms with Crippen LogP contribution in [-0.2, 0) is 11.2 Å². The van der Waals surface area contributed by atoms with Crippen LogP contribution in [0.4, 0.5) is 0 Å². The number of hydrogen-bond donors (Lipinski definition) is 3. The van der Waals surface area contributed by atoms with Gasteiger partial charge in [-0.2, -0.15) is 5.10 Å². The fraction of sp³-hybridized carbons (Fsp3) is 0.571. The van der Waals surface area contributed by atoms with Crippen molar-refractivity contribution < 1.29 is 4.79 Å². The number of amides is 1. The van der Waals surface area contributed by atoms with Gasteiger partial charge in [0.1, 0.15) is 18.2 Å². The van der Waals surface area contributed by atoms with Gasteiger partial charge in [0.25, 0.3) is 0 Å². The normalized spacial score (nSPS) is 12.1. The number of aromatic amines is 1. The van der Waals surface area contributed by atoms with E-state index in [1.54, 1.807) is 6.33 Å². The molecule has 8 nitrogen and oxygen atoms in total. The maximum absolute atomic E-state index is 12.2. The largest absolute Gasteiger partial charge is 0.354 e. The lowest BCUT2D eigenvalue weighted by atomic mass is 10.1. The molecule has 2 heterocycles. The Bertz CT molecular complexity index is 630. The van der Waals surface area contributed by atoms with Crippen LogP contribution in [0.1, 0.15) is 48.7 Å². The third-order valence-corrected chi connectivity index (χ3v) is 3.63. The highest BCUT2D eigenvalue weighted by Crippen LogP contribution is 2.17. The van der Waals surface area contributed by atoms with Gasteiger partial charge in [0.05, 0.1) is 5.69 Å². The lowest BCUT2D eigenvalue weighted by Gasteiger charge is -2.13. The van der Waals surface area contributed by atoms with Gasteiger partial charge >= 0.3 is 0 Å². The van der Waals surface area contributed by atoms with Gasteiger partial charge in [0, 0.05) is 30.3 Å². The first kappa shape index (κ1) is 19.1. The van der Waals surface area contributed by atoms with E-state index in [0.717, 1.165) is 22.8 Å². The van der Waals surface area contributed by atoms with Crippen LogP contribution < -0.4 is 11.1 Å². The average Bonchev–Trinajstić information content (AvgIpc) is 3.05. The van der Waals surface area contributed by atoms with Crippen LogP contribution in [0.25, 0.3) is 0 Å². The Morgan fingerprint density at radius 1 is 1.43 bits per heavy atom. The summed E-state index contributed by atoms with van der Waals surface area (Å²) in [4.78, 5) is 12.2. The van der Waals surface area contributed by atoms with Crippen LogP contribution in [0.3, 0.4) is 0 Å².